The van der Waals surface area contributed by atoms with Crippen molar-refractivity contribution in [3.05, 3.63) is 36.6 Å². The van der Waals surface area contributed by atoms with Gasteiger partial charge in [0.1, 0.15) is 0 Å². The second kappa shape index (κ2) is 5.34. The average Bonchev–Trinajstić information content (AvgIpc) is 3.01. The molecule has 0 nitrogen and oxygen atoms in total. The van der Waals surface area contributed by atoms with Crippen molar-refractivity contribution in [2.75, 3.05) is 0 Å². The molecular weight excluding hydrogens is 248 g/mol. The second-order valence-electron chi connectivity index (χ2n) is 7.10. The van der Waals surface area contributed by atoms with Crippen LogP contribution in [-0.4, -0.2) is 16.1 Å². The Hall–Kier alpha value is -0.346. The van der Waals surface area contributed by atoms with Crippen molar-refractivity contribution in [1.29, 1.82) is 0 Å². The first kappa shape index (κ1) is 14.1. The van der Waals surface area contributed by atoms with Crippen LogP contribution in [0.4, 0.5) is 0 Å². The van der Waals surface area contributed by atoms with Gasteiger partial charge in [0.2, 0.25) is 0 Å². The minimum Gasteiger partial charge on any atom is -0.107 e. The first-order valence-corrected chi connectivity index (χ1v) is 13.6. The van der Waals surface area contributed by atoms with Crippen LogP contribution in [0.25, 0.3) is 0 Å². The van der Waals surface area contributed by atoms with Gasteiger partial charge in [0.25, 0.3) is 0 Å². The van der Waals surface area contributed by atoms with Crippen LogP contribution in [0.5, 0.6) is 0 Å². The van der Waals surface area contributed by atoms with Gasteiger partial charge >= 0.3 is 0 Å². The summed E-state index contributed by atoms with van der Waals surface area (Å²) in [6.45, 7) is 12.0. The molecule has 0 saturated heterocycles. The molecule has 0 aromatic rings. The van der Waals surface area contributed by atoms with Gasteiger partial charge in [-0.1, -0.05) is 49.6 Å². The van der Waals surface area contributed by atoms with E-state index in [9.17, 15) is 0 Å². The van der Waals surface area contributed by atoms with Crippen molar-refractivity contribution in [3.8, 4) is 0 Å². The van der Waals surface area contributed by atoms with Crippen LogP contribution in [0.15, 0.2) is 36.6 Å². The van der Waals surface area contributed by atoms with E-state index >= 15 is 0 Å². The third-order valence-electron chi connectivity index (χ3n) is 5.18. The summed E-state index contributed by atoms with van der Waals surface area (Å²) in [7, 11) is -2.41. The van der Waals surface area contributed by atoms with Crippen molar-refractivity contribution in [3.63, 3.8) is 0 Å². The molecule has 2 heteroatoms. The van der Waals surface area contributed by atoms with E-state index in [-0.39, 0.29) is 0 Å². The topological polar surface area (TPSA) is 0 Å². The number of allylic oxidation sites excluding steroid dienone is 4. The van der Waals surface area contributed by atoms with Crippen LogP contribution in [0.3, 0.4) is 0 Å². The standard InChI is InChI=1S/C16H28Si2/c1-5-18(4,16-12-8-9-13-16)14-17(2,3)15-10-6-7-11-15/h5-6,8,10,12,15-16H,1,7,9,11,13-14H2,2-4H3. The number of hydrogen-bond acceptors (Lipinski definition) is 0. The lowest BCUT2D eigenvalue weighted by molar-refractivity contribution is 0.879. The fourth-order valence-electron chi connectivity index (χ4n) is 3.93. The van der Waals surface area contributed by atoms with E-state index < -0.39 is 16.1 Å². The van der Waals surface area contributed by atoms with Crippen LogP contribution in [0.1, 0.15) is 25.7 Å². The van der Waals surface area contributed by atoms with Crippen LogP contribution in [0, 0.1) is 0 Å². The highest BCUT2D eigenvalue weighted by atomic mass is 28.4. The summed E-state index contributed by atoms with van der Waals surface area (Å²) in [5, 5.41) is 0. The quantitative estimate of drug-likeness (QED) is 0.461. The third kappa shape index (κ3) is 2.80. The molecule has 0 N–H and O–H groups in total. The maximum absolute atomic E-state index is 4.22. The molecule has 0 bridgehead atoms. The van der Waals surface area contributed by atoms with Gasteiger partial charge in [-0.05, 0) is 36.8 Å². The van der Waals surface area contributed by atoms with Crippen molar-refractivity contribution in [2.45, 2.75) is 62.1 Å². The van der Waals surface area contributed by atoms with Crippen molar-refractivity contribution in [1.82, 2.24) is 0 Å². The van der Waals surface area contributed by atoms with Gasteiger partial charge in [-0.15, -0.1) is 12.3 Å². The monoisotopic (exact) mass is 276 g/mol. The summed E-state index contributed by atoms with van der Waals surface area (Å²) in [6.07, 6.45) is 15.2. The first-order chi connectivity index (χ1) is 8.48. The van der Waals surface area contributed by atoms with E-state index in [1.54, 1.807) is 0 Å². The van der Waals surface area contributed by atoms with Gasteiger partial charge in [0.15, 0.2) is 0 Å². The largest absolute Gasteiger partial charge is 0.107 e. The molecule has 100 valence electrons. The minimum absolute atomic E-state index is 0.868. The van der Waals surface area contributed by atoms with Crippen LogP contribution >= 0.6 is 0 Å². The second-order valence-corrected chi connectivity index (χ2v) is 17.4. The molecule has 18 heavy (non-hydrogen) atoms. The summed E-state index contributed by atoms with van der Waals surface area (Å²) in [5.74, 6) is 0. The fourth-order valence-corrected chi connectivity index (χ4v) is 17.8. The zero-order valence-electron chi connectivity index (χ0n) is 12.3. The highest BCUT2D eigenvalue weighted by Gasteiger charge is 2.42. The predicted octanol–water partition coefficient (Wildman–Crippen LogP) is 5.48. The van der Waals surface area contributed by atoms with Gasteiger partial charge in [0, 0.05) is 0 Å². The van der Waals surface area contributed by atoms with Gasteiger partial charge < -0.3 is 0 Å². The summed E-state index contributed by atoms with van der Waals surface area (Å²) < 4.78 is 0. The molecule has 0 aromatic carbocycles. The van der Waals surface area contributed by atoms with Crippen molar-refractivity contribution < 1.29 is 0 Å². The van der Waals surface area contributed by atoms with Crippen LogP contribution < -0.4 is 0 Å². The molecule has 0 aliphatic heterocycles. The molecule has 2 aliphatic rings. The Bertz CT molecular complexity index is 367. The Morgan fingerprint density at radius 1 is 1.06 bits per heavy atom. The molecule has 0 spiro atoms. The lowest BCUT2D eigenvalue weighted by Gasteiger charge is -2.39. The molecule has 0 fully saturated rings. The Balaban J connectivity index is 2.11. The molecule has 0 amide bonds. The lowest BCUT2D eigenvalue weighted by Crippen LogP contribution is -2.45. The third-order valence-corrected chi connectivity index (χ3v) is 17.5. The summed E-state index contributed by atoms with van der Waals surface area (Å²) in [5.41, 5.74) is 5.70. The molecular formula is C16H28Si2. The van der Waals surface area contributed by atoms with E-state index in [0.29, 0.717) is 0 Å². The maximum atomic E-state index is 4.22. The Kier molecular flexibility index (Phi) is 4.17. The summed E-state index contributed by atoms with van der Waals surface area (Å²) in [4.78, 5) is 0. The van der Waals surface area contributed by atoms with Gasteiger partial charge in [0.05, 0.1) is 16.1 Å². The highest BCUT2D eigenvalue weighted by molar-refractivity contribution is 6.99. The zero-order valence-corrected chi connectivity index (χ0v) is 14.3. The molecule has 2 aliphatic carbocycles. The first-order valence-electron chi connectivity index (χ1n) is 7.45. The summed E-state index contributed by atoms with van der Waals surface area (Å²) >= 11 is 0. The van der Waals surface area contributed by atoms with E-state index in [1.165, 1.54) is 31.4 Å². The molecule has 0 saturated carbocycles. The van der Waals surface area contributed by atoms with Crippen LogP contribution in [-0.2, 0) is 0 Å². The van der Waals surface area contributed by atoms with E-state index in [1.807, 2.05) is 0 Å². The number of rotatable bonds is 5. The predicted molar refractivity (Wildman–Crippen MR) is 88.4 cm³/mol. The average molecular weight is 277 g/mol. The SMILES string of the molecule is C=C[Si](C)(C[Si](C)(C)C1C=CCC1)C1C=CCC1. The van der Waals surface area contributed by atoms with Crippen molar-refractivity contribution in [2.24, 2.45) is 0 Å². The normalized spacial score (nSPS) is 30.6. The smallest absolute Gasteiger partial charge is 0.0782 e. The molecule has 3 unspecified atom stereocenters. The maximum Gasteiger partial charge on any atom is 0.0782 e. The molecule has 2 rings (SSSR count). The summed E-state index contributed by atoms with van der Waals surface area (Å²) in [6, 6.07) is 0. The van der Waals surface area contributed by atoms with E-state index in [0.717, 1.165) is 11.1 Å². The fraction of sp³-hybridized carbons (Fsp3) is 0.625. The highest BCUT2D eigenvalue weighted by Crippen LogP contribution is 2.44. The lowest BCUT2D eigenvalue weighted by atomic mass is 10.4. The van der Waals surface area contributed by atoms with Gasteiger partial charge in [-0.3, -0.25) is 0 Å². The van der Waals surface area contributed by atoms with Crippen LogP contribution in [0.2, 0.25) is 36.4 Å². The Morgan fingerprint density at radius 2 is 1.61 bits per heavy atom. The Morgan fingerprint density at radius 3 is 2.06 bits per heavy atom. The molecule has 0 heterocycles. The minimum atomic E-state index is -1.29. The van der Waals surface area contributed by atoms with E-state index in [4.69, 9.17) is 0 Å². The molecule has 3 atom stereocenters. The molecule has 0 aromatic heterocycles. The molecule has 0 radical (unpaired) electrons. The number of hydrogen-bond donors (Lipinski definition) is 0. The zero-order chi connectivity index (χ0) is 13.2. The Labute approximate surface area is 115 Å². The van der Waals surface area contributed by atoms with Gasteiger partial charge in [-0.25, -0.2) is 0 Å². The van der Waals surface area contributed by atoms with Crippen molar-refractivity contribution >= 4 is 16.1 Å². The van der Waals surface area contributed by atoms with Gasteiger partial charge in [-0.2, -0.15) is 0 Å². The van der Waals surface area contributed by atoms with E-state index in [2.05, 4.69) is 56.2 Å².